The van der Waals surface area contributed by atoms with Crippen molar-refractivity contribution in [3.8, 4) is 0 Å². The van der Waals surface area contributed by atoms with Gasteiger partial charge in [0.05, 0.1) is 0 Å². The van der Waals surface area contributed by atoms with Gasteiger partial charge in [-0.05, 0) is 0 Å². The van der Waals surface area contributed by atoms with Gasteiger partial charge < -0.3 is 0 Å². The van der Waals surface area contributed by atoms with Gasteiger partial charge in [0.15, 0.2) is 0 Å². The third kappa shape index (κ3) is 6.32. The molecule has 43 valence electrons. The molecule has 0 rings (SSSR count). The molecule has 1 radical (unpaired) electrons. The van der Waals surface area contributed by atoms with Gasteiger partial charge in [0.25, 0.3) is 0 Å². The first-order chi connectivity index (χ1) is 3.41. The van der Waals surface area contributed by atoms with E-state index in [4.69, 9.17) is 0 Å². The summed E-state index contributed by atoms with van der Waals surface area (Å²) in [5.74, 6) is 0. The second-order valence-corrected chi connectivity index (χ2v) is 2.88. The average Bonchev–Trinajstić information content (AvgIpc) is 1.69. The third-order valence-electron chi connectivity index (χ3n) is 0.831. The Morgan fingerprint density at radius 1 is 1.43 bits per heavy atom. The molecule has 0 aromatic heterocycles. The molecule has 0 aromatic rings. The van der Waals surface area contributed by atoms with Crippen LogP contribution in [0.2, 0.25) is 5.32 Å². The van der Waals surface area contributed by atoms with Crippen molar-refractivity contribution in [1.82, 2.24) is 0 Å². The van der Waals surface area contributed by atoms with Gasteiger partial charge in [-0.15, -0.1) is 0 Å². The summed E-state index contributed by atoms with van der Waals surface area (Å²) < 4.78 is 9.87. The Hall–Kier alpha value is 0.319. The fraction of sp³-hybridized carbons (Fsp3) is 1.00. The van der Waals surface area contributed by atoms with E-state index < -0.39 is 0 Å². The van der Waals surface area contributed by atoms with Crippen LogP contribution in [-0.2, 0) is 3.83 Å². The Bertz CT molecular complexity index is 45.3. The molecule has 0 aliphatic carbocycles. The van der Waals surface area contributed by atoms with Gasteiger partial charge in [-0.25, -0.2) is 0 Å². The predicted octanol–water partition coefficient (Wildman–Crippen LogP) is 1.64. The number of unbranched alkanes of at least 4 members (excludes halogenated alkanes) is 2. The molecule has 1 nitrogen and oxygen atoms in total. The first-order valence-electron chi connectivity index (χ1n) is 2.66. The summed E-state index contributed by atoms with van der Waals surface area (Å²) in [6.45, 7) is 2.15. The fourth-order valence-electron chi connectivity index (χ4n) is 0.411. The van der Waals surface area contributed by atoms with Crippen LogP contribution in [-0.4, -0.2) is 14.9 Å². The van der Waals surface area contributed by atoms with Crippen molar-refractivity contribution < 1.29 is 3.83 Å². The zero-order valence-electron chi connectivity index (χ0n) is 4.64. The molecular weight excluding hydrogens is 155 g/mol. The Morgan fingerprint density at radius 3 is 2.57 bits per heavy atom. The minimum atomic E-state index is -0.324. The van der Waals surface area contributed by atoms with E-state index in [0.717, 1.165) is 11.7 Å². The first kappa shape index (κ1) is 7.32. The minimum absolute atomic E-state index is 0.324. The van der Waals surface area contributed by atoms with Crippen LogP contribution < -0.4 is 0 Å². The maximum absolute atomic E-state index is 9.87. The SMILES string of the molecule is CCCCC[Se]=O. The monoisotopic (exact) mass is 167 g/mol. The molecule has 0 atom stereocenters. The molecule has 0 amide bonds. The van der Waals surface area contributed by atoms with Crippen LogP contribution in [0.5, 0.6) is 0 Å². The molecule has 0 fully saturated rings. The van der Waals surface area contributed by atoms with E-state index in [1.54, 1.807) is 0 Å². The van der Waals surface area contributed by atoms with E-state index in [1.165, 1.54) is 12.8 Å². The molecular formula is C5H11OSe. The van der Waals surface area contributed by atoms with E-state index >= 15 is 0 Å². The average molecular weight is 166 g/mol. The van der Waals surface area contributed by atoms with Crippen LogP contribution in [0.25, 0.3) is 0 Å². The summed E-state index contributed by atoms with van der Waals surface area (Å²) in [7, 11) is 0. The summed E-state index contributed by atoms with van der Waals surface area (Å²) in [6, 6.07) is 0. The first-order valence-corrected chi connectivity index (χ1v) is 4.57. The summed E-state index contributed by atoms with van der Waals surface area (Å²) in [6.07, 6.45) is 3.63. The Labute approximate surface area is 50.8 Å². The second-order valence-electron chi connectivity index (χ2n) is 1.53. The number of rotatable bonds is 4. The molecule has 0 spiro atoms. The van der Waals surface area contributed by atoms with Gasteiger partial charge in [0.2, 0.25) is 0 Å². The molecule has 7 heavy (non-hydrogen) atoms. The molecule has 0 heterocycles. The van der Waals surface area contributed by atoms with Crippen LogP contribution in [0, 0.1) is 0 Å². The molecule has 0 bridgehead atoms. The molecule has 2 heteroatoms. The standard InChI is InChI=1S/C5H11OSe/c1-2-3-4-5-7-6/h2-5H2,1H3. The molecule has 0 N–H and O–H groups in total. The Morgan fingerprint density at radius 2 is 2.14 bits per heavy atom. The van der Waals surface area contributed by atoms with E-state index in [1.807, 2.05) is 0 Å². The van der Waals surface area contributed by atoms with Crippen LogP contribution >= 0.6 is 0 Å². The Kier molecular flexibility index (Phi) is 6.61. The van der Waals surface area contributed by atoms with Crippen molar-refractivity contribution in [1.29, 1.82) is 0 Å². The van der Waals surface area contributed by atoms with Gasteiger partial charge in [-0.1, -0.05) is 0 Å². The van der Waals surface area contributed by atoms with E-state index in [-0.39, 0.29) is 14.9 Å². The van der Waals surface area contributed by atoms with Crippen LogP contribution in [0.1, 0.15) is 26.2 Å². The molecule has 0 saturated heterocycles. The topological polar surface area (TPSA) is 17.1 Å². The molecule has 0 aliphatic rings. The van der Waals surface area contributed by atoms with Gasteiger partial charge in [-0.2, -0.15) is 0 Å². The normalized spacial score (nSPS) is 8.71. The van der Waals surface area contributed by atoms with E-state index in [0.29, 0.717) is 0 Å². The maximum atomic E-state index is 9.87. The Balaban J connectivity index is 2.56. The number of hydrogen-bond acceptors (Lipinski definition) is 1. The third-order valence-corrected chi connectivity index (χ3v) is 1.79. The van der Waals surface area contributed by atoms with Gasteiger partial charge in [-0.3, -0.25) is 0 Å². The summed E-state index contributed by atoms with van der Waals surface area (Å²) in [5, 5.41) is 0.931. The molecule has 0 aromatic carbocycles. The van der Waals surface area contributed by atoms with Gasteiger partial charge >= 0.3 is 50.2 Å². The van der Waals surface area contributed by atoms with Crippen molar-refractivity contribution in [2.24, 2.45) is 0 Å². The second kappa shape index (κ2) is 6.32. The van der Waals surface area contributed by atoms with E-state index in [2.05, 4.69) is 6.92 Å². The molecule has 0 aliphatic heterocycles. The van der Waals surface area contributed by atoms with Crippen molar-refractivity contribution >= 4 is 14.9 Å². The van der Waals surface area contributed by atoms with E-state index in [9.17, 15) is 3.83 Å². The predicted molar refractivity (Wildman–Crippen MR) is 30.8 cm³/mol. The van der Waals surface area contributed by atoms with Crippen molar-refractivity contribution in [2.75, 3.05) is 0 Å². The molecule has 0 saturated carbocycles. The van der Waals surface area contributed by atoms with Gasteiger partial charge in [0, 0.05) is 0 Å². The zero-order valence-corrected chi connectivity index (χ0v) is 6.36. The van der Waals surface area contributed by atoms with Crippen LogP contribution in [0.4, 0.5) is 0 Å². The van der Waals surface area contributed by atoms with Crippen LogP contribution in [0.3, 0.4) is 0 Å². The van der Waals surface area contributed by atoms with Crippen molar-refractivity contribution in [2.45, 2.75) is 31.5 Å². The zero-order chi connectivity index (χ0) is 5.54. The van der Waals surface area contributed by atoms with Gasteiger partial charge in [0.1, 0.15) is 0 Å². The summed E-state index contributed by atoms with van der Waals surface area (Å²) in [4.78, 5) is 0. The summed E-state index contributed by atoms with van der Waals surface area (Å²) in [5.41, 5.74) is 0. The summed E-state index contributed by atoms with van der Waals surface area (Å²) >= 11 is -0.324. The number of hydrogen-bond donors (Lipinski definition) is 0. The fourth-order valence-corrected chi connectivity index (χ4v) is 1.09. The van der Waals surface area contributed by atoms with Crippen molar-refractivity contribution in [3.05, 3.63) is 0 Å². The molecule has 0 unspecified atom stereocenters. The quantitative estimate of drug-likeness (QED) is 0.458. The van der Waals surface area contributed by atoms with Crippen molar-refractivity contribution in [3.63, 3.8) is 0 Å². The van der Waals surface area contributed by atoms with Crippen LogP contribution in [0.15, 0.2) is 0 Å².